The molecule has 0 spiro atoms. The minimum Gasteiger partial charge on any atom is -0.328 e. The standard InChI is InChI=1S/C13H18BrN3S/c1-9(2)3-12(15)13-5-16-8-17(13)6-11-4-10(14)7-18-11/h4-5,7-9,12H,3,6,15H2,1-2H3. The molecular weight excluding hydrogens is 310 g/mol. The van der Waals surface area contributed by atoms with Gasteiger partial charge in [0, 0.05) is 27.0 Å². The number of thiophene rings is 1. The Hall–Kier alpha value is -0.650. The third-order valence-corrected chi connectivity index (χ3v) is 4.48. The fourth-order valence-corrected chi connectivity index (χ4v) is 3.45. The topological polar surface area (TPSA) is 43.8 Å². The highest BCUT2D eigenvalue weighted by molar-refractivity contribution is 9.10. The summed E-state index contributed by atoms with van der Waals surface area (Å²) in [5.41, 5.74) is 7.35. The zero-order valence-electron chi connectivity index (χ0n) is 10.6. The lowest BCUT2D eigenvalue weighted by Gasteiger charge is -2.16. The number of nitrogens with two attached hydrogens (primary N) is 1. The average Bonchev–Trinajstić information content (AvgIpc) is 2.87. The molecule has 1 unspecified atom stereocenters. The molecule has 0 saturated carbocycles. The van der Waals surface area contributed by atoms with E-state index in [4.69, 9.17) is 5.73 Å². The van der Waals surface area contributed by atoms with E-state index in [9.17, 15) is 0 Å². The van der Waals surface area contributed by atoms with E-state index in [1.54, 1.807) is 11.3 Å². The minimum atomic E-state index is 0.0657. The predicted octanol–water partition coefficient (Wildman–Crippen LogP) is 3.80. The van der Waals surface area contributed by atoms with Gasteiger partial charge in [0.1, 0.15) is 0 Å². The van der Waals surface area contributed by atoms with Gasteiger partial charge in [-0.2, -0.15) is 0 Å². The van der Waals surface area contributed by atoms with Gasteiger partial charge in [-0.1, -0.05) is 13.8 Å². The molecule has 1 atom stereocenters. The van der Waals surface area contributed by atoms with Gasteiger partial charge in [0.25, 0.3) is 0 Å². The number of aromatic nitrogens is 2. The van der Waals surface area contributed by atoms with Crippen LogP contribution in [0.3, 0.4) is 0 Å². The van der Waals surface area contributed by atoms with Crippen molar-refractivity contribution < 1.29 is 0 Å². The Balaban J connectivity index is 2.12. The highest BCUT2D eigenvalue weighted by Crippen LogP contribution is 2.23. The van der Waals surface area contributed by atoms with Gasteiger partial charge in [0.2, 0.25) is 0 Å². The van der Waals surface area contributed by atoms with E-state index in [0.717, 1.165) is 23.1 Å². The molecule has 2 rings (SSSR count). The maximum absolute atomic E-state index is 6.23. The number of imidazole rings is 1. The lowest BCUT2D eigenvalue weighted by Crippen LogP contribution is -2.17. The summed E-state index contributed by atoms with van der Waals surface area (Å²) in [5.74, 6) is 0.597. The molecule has 2 N–H and O–H groups in total. The number of hydrogen-bond donors (Lipinski definition) is 1. The number of halogens is 1. The Kier molecular flexibility index (Phi) is 4.59. The summed E-state index contributed by atoms with van der Waals surface area (Å²) in [6, 6.07) is 2.21. The molecule has 98 valence electrons. The minimum absolute atomic E-state index is 0.0657. The van der Waals surface area contributed by atoms with Crippen molar-refractivity contribution in [2.45, 2.75) is 32.9 Å². The fourth-order valence-electron chi connectivity index (χ4n) is 2.01. The van der Waals surface area contributed by atoms with Gasteiger partial charge in [-0.05, 0) is 34.3 Å². The molecule has 0 saturated heterocycles. The molecular formula is C13H18BrN3S. The molecule has 0 aliphatic heterocycles. The number of hydrogen-bond acceptors (Lipinski definition) is 3. The van der Waals surface area contributed by atoms with Crippen molar-refractivity contribution in [1.29, 1.82) is 0 Å². The summed E-state index contributed by atoms with van der Waals surface area (Å²) in [6.45, 7) is 5.23. The van der Waals surface area contributed by atoms with Crippen LogP contribution in [0, 0.1) is 5.92 Å². The highest BCUT2D eigenvalue weighted by Gasteiger charge is 2.13. The molecule has 0 aliphatic rings. The molecule has 0 radical (unpaired) electrons. The van der Waals surface area contributed by atoms with Crippen molar-refractivity contribution in [3.05, 3.63) is 39.0 Å². The van der Waals surface area contributed by atoms with Crippen LogP contribution >= 0.6 is 27.3 Å². The molecule has 0 fully saturated rings. The lowest BCUT2D eigenvalue weighted by atomic mass is 10.0. The first-order valence-electron chi connectivity index (χ1n) is 6.04. The van der Waals surface area contributed by atoms with Gasteiger partial charge >= 0.3 is 0 Å². The summed E-state index contributed by atoms with van der Waals surface area (Å²) < 4.78 is 3.28. The summed E-state index contributed by atoms with van der Waals surface area (Å²) in [4.78, 5) is 5.53. The Morgan fingerprint density at radius 2 is 2.28 bits per heavy atom. The van der Waals surface area contributed by atoms with Gasteiger partial charge in [-0.25, -0.2) is 4.98 Å². The van der Waals surface area contributed by atoms with Gasteiger partial charge in [-0.15, -0.1) is 11.3 Å². The maximum Gasteiger partial charge on any atom is 0.0952 e. The van der Waals surface area contributed by atoms with E-state index in [1.807, 2.05) is 12.5 Å². The Morgan fingerprint density at radius 1 is 1.50 bits per heavy atom. The van der Waals surface area contributed by atoms with Crippen molar-refractivity contribution in [2.24, 2.45) is 11.7 Å². The van der Waals surface area contributed by atoms with Gasteiger partial charge in [-0.3, -0.25) is 0 Å². The molecule has 2 aromatic heterocycles. The molecule has 18 heavy (non-hydrogen) atoms. The largest absolute Gasteiger partial charge is 0.328 e. The first-order valence-corrected chi connectivity index (χ1v) is 7.72. The second-order valence-corrected chi connectivity index (χ2v) is 6.83. The lowest BCUT2D eigenvalue weighted by molar-refractivity contribution is 0.489. The smallest absolute Gasteiger partial charge is 0.0952 e. The Morgan fingerprint density at radius 3 is 2.89 bits per heavy atom. The van der Waals surface area contributed by atoms with Crippen LogP contribution in [-0.2, 0) is 6.54 Å². The molecule has 0 amide bonds. The fraction of sp³-hybridized carbons (Fsp3) is 0.462. The van der Waals surface area contributed by atoms with Crippen molar-refractivity contribution >= 4 is 27.3 Å². The predicted molar refractivity (Wildman–Crippen MR) is 79.7 cm³/mol. The number of nitrogens with zero attached hydrogens (tertiary/aromatic N) is 2. The second kappa shape index (κ2) is 5.99. The summed E-state index contributed by atoms with van der Waals surface area (Å²) in [6.07, 6.45) is 4.73. The van der Waals surface area contributed by atoms with Crippen molar-refractivity contribution in [3.63, 3.8) is 0 Å². The van der Waals surface area contributed by atoms with E-state index in [2.05, 4.69) is 50.8 Å². The molecule has 5 heteroatoms. The van der Waals surface area contributed by atoms with Gasteiger partial charge in [0.05, 0.1) is 18.6 Å². The van der Waals surface area contributed by atoms with E-state index in [0.29, 0.717) is 5.92 Å². The molecule has 2 aromatic rings. The molecule has 0 aliphatic carbocycles. The van der Waals surface area contributed by atoms with Crippen LogP contribution in [0.15, 0.2) is 28.4 Å². The zero-order chi connectivity index (χ0) is 13.1. The first kappa shape index (κ1) is 13.8. The monoisotopic (exact) mass is 327 g/mol. The molecule has 3 nitrogen and oxygen atoms in total. The number of rotatable bonds is 5. The van der Waals surface area contributed by atoms with Crippen LogP contribution in [0.1, 0.15) is 36.9 Å². The molecule has 0 aromatic carbocycles. The molecule has 0 bridgehead atoms. The third-order valence-electron chi connectivity index (χ3n) is 2.80. The normalized spacial score (nSPS) is 13.2. The van der Waals surface area contributed by atoms with Crippen molar-refractivity contribution in [1.82, 2.24) is 9.55 Å². The van der Waals surface area contributed by atoms with E-state index >= 15 is 0 Å². The summed E-state index contributed by atoms with van der Waals surface area (Å²) >= 11 is 5.22. The SMILES string of the molecule is CC(C)CC(N)c1cncn1Cc1cc(Br)cs1. The Labute approximate surface area is 120 Å². The molecule has 2 heterocycles. The van der Waals surface area contributed by atoms with Crippen LogP contribution in [0.4, 0.5) is 0 Å². The average molecular weight is 328 g/mol. The Bertz CT molecular complexity index is 504. The van der Waals surface area contributed by atoms with E-state index in [1.165, 1.54) is 4.88 Å². The van der Waals surface area contributed by atoms with Crippen LogP contribution < -0.4 is 5.73 Å². The van der Waals surface area contributed by atoms with E-state index in [-0.39, 0.29) is 6.04 Å². The first-order chi connectivity index (χ1) is 8.56. The second-order valence-electron chi connectivity index (χ2n) is 4.91. The highest BCUT2D eigenvalue weighted by atomic mass is 79.9. The summed E-state index contributed by atoms with van der Waals surface area (Å²) in [5, 5.41) is 2.10. The van der Waals surface area contributed by atoms with Gasteiger partial charge in [0.15, 0.2) is 0 Å². The van der Waals surface area contributed by atoms with Crippen LogP contribution in [0.25, 0.3) is 0 Å². The van der Waals surface area contributed by atoms with Crippen LogP contribution in [0.2, 0.25) is 0 Å². The third kappa shape index (κ3) is 3.43. The van der Waals surface area contributed by atoms with E-state index < -0.39 is 0 Å². The van der Waals surface area contributed by atoms with Crippen molar-refractivity contribution in [2.75, 3.05) is 0 Å². The quantitative estimate of drug-likeness (QED) is 0.907. The van der Waals surface area contributed by atoms with Crippen molar-refractivity contribution in [3.8, 4) is 0 Å². The maximum atomic E-state index is 6.23. The van der Waals surface area contributed by atoms with Crippen LogP contribution in [-0.4, -0.2) is 9.55 Å². The summed E-state index contributed by atoms with van der Waals surface area (Å²) in [7, 11) is 0. The van der Waals surface area contributed by atoms with Gasteiger partial charge < -0.3 is 10.3 Å². The van der Waals surface area contributed by atoms with Crippen LogP contribution in [0.5, 0.6) is 0 Å². The zero-order valence-corrected chi connectivity index (χ0v) is 13.0.